The lowest BCUT2D eigenvalue weighted by molar-refractivity contribution is -0.128. The molecule has 2 aliphatic rings. The zero-order chi connectivity index (χ0) is 30.2. The first-order valence-corrected chi connectivity index (χ1v) is 16.4. The average molecular weight is 592 g/mol. The third kappa shape index (κ3) is 10.9. The molecular weight excluding hydrogens is 542 g/mol. The first-order valence-electron chi connectivity index (χ1n) is 15.6. The van der Waals surface area contributed by atoms with E-state index in [4.69, 9.17) is 0 Å². The SMILES string of the molecule is C1CCCC1.CCCCc1ccc(-c2cccc(C(C)NC(=O)c3cc(NC4CNC4)ccc3C)c2)s1.CCOC=O. The van der Waals surface area contributed by atoms with Crippen molar-refractivity contribution < 1.29 is 14.3 Å². The molecule has 1 saturated carbocycles. The maximum atomic E-state index is 13.1. The van der Waals surface area contributed by atoms with Crippen LogP contribution in [0.25, 0.3) is 10.4 Å². The number of ether oxygens (including phenoxy) is 1. The van der Waals surface area contributed by atoms with Crippen LogP contribution in [0.4, 0.5) is 5.69 Å². The van der Waals surface area contributed by atoms with Crippen molar-refractivity contribution in [3.05, 3.63) is 76.2 Å². The van der Waals surface area contributed by atoms with Gasteiger partial charge in [-0.3, -0.25) is 9.59 Å². The van der Waals surface area contributed by atoms with Crippen molar-refractivity contribution in [2.24, 2.45) is 0 Å². The van der Waals surface area contributed by atoms with Gasteiger partial charge in [0.1, 0.15) is 0 Å². The van der Waals surface area contributed by atoms with E-state index in [9.17, 15) is 9.59 Å². The van der Waals surface area contributed by atoms with Crippen LogP contribution < -0.4 is 16.0 Å². The van der Waals surface area contributed by atoms with Gasteiger partial charge in [0.05, 0.1) is 18.7 Å². The molecular formula is C35H49N3O3S. The normalized spacial score (nSPS) is 14.8. The Kier molecular flexibility index (Phi) is 14.6. The molecule has 2 aromatic carbocycles. The van der Waals surface area contributed by atoms with Gasteiger partial charge >= 0.3 is 0 Å². The molecule has 2 fully saturated rings. The Bertz CT molecular complexity index is 1230. The maximum absolute atomic E-state index is 13.1. The number of rotatable bonds is 11. The highest BCUT2D eigenvalue weighted by Crippen LogP contribution is 2.31. The summed E-state index contributed by atoms with van der Waals surface area (Å²) in [5, 5.41) is 9.94. The second kappa shape index (κ2) is 18.4. The molecule has 1 aromatic heterocycles. The Hall–Kier alpha value is -3.16. The van der Waals surface area contributed by atoms with Crippen LogP contribution in [-0.4, -0.2) is 38.1 Å². The molecule has 1 atom stereocenters. The van der Waals surface area contributed by atoms with Crippen LogP contribution in [0, 0.1) is 6.92 Å². The lowest BCUT2D eigenvalue weighted by Crippen LogP contribution is -2.51. The zero-order valence-electron chi connectivity index (χ0n) is 25.8. The summed E-state index contributed by atoms with van der Waals surface area (Å²) >= 11 is 1.87. The van der Waals surface area contributed by atoms with E-state index in [1.807, 2.05) is 36.5 Å². The minimum atomic E-state index is -0.0752. The van der Waals surface area contributed by atoms with E-state index in [1.165, 1.54) is 60.3 Å². The van der Waals surface area contributed by atoms with Crippen LogP contribution >= 0.6 is 11.3 Å². The highest BCUT2D eigenvalue weighted by atomic mass is 32.1. The molecule has 1 saturated heterocycles. The molecule has 0 radical (unpaired) electrons. The molecule has 1 amide bonds. The number of anilines is 1. The van der Waals surface area contributed by atoms with Crippen LogP contribution in [-0.2, 0) is 16.0 Å². The Morgan fingerprint density at radius 3 is 2.38 bits per heavy atom. The van der Waals surface area contributed by atoms with Crippen LogP contribution in [0.1, 0.15) is 98.1 Å². The van der Waals surface area contributed by atoms with Crippen molar-refractivity contribution in [1.29, 1.82) is 0 Å². The molecule has 5 rings (SSSR count). The number of amides is 1. The van der Waals surface area contributed by atoms with Crippen molar-refractivity contribution in [2.75, 3.05) is 25.0 Å². The molecule has 1 unspecified atom stereocenters. The third-order valence-corrected chi connectivity index (χ3v) is 8.77. The van der Waals surface area contributed by atoms with Crippen LogP contribution in [0.2, 0.25) is 0 Å². The minimum Gasteiger partial charge on any atom is -0.468 e. The summed E-state index contributed by atoms with van der Waals surface area (Å²) in [5.74, 6) is -0.0336. The number of aryl methyl sites for hydroxylation is 2. The summed E-state index contributed by atoms with van der Waals surface area (Å²) in [6.45, 7) is 10.9. The quantitative estimate of drug-likeness (QED) is 0.197. The van der Waals surface area contributed by atoms with Gasteiger partial charge < -0.3 is 20.7 Å². The van der Waals surface area contributed by atoms with Gasteiger partial charge in [-0.05, 0) is 80.6 Å². The fourth-order valence-corrected chi connectivity index (χ4v) is 5.92. The predicted molar refractivity (Wildman–Crippen MR) is 176 cm³/mol. The van der Waals surface area contributed by atoms with Gasteiger partial charge in [0, 0.05) is 34.1 Å². The fraction of sp³-hybridized carbons (Fsp3) is 0.486. The number of carbonyl (C=O) groups is 2. The second-order valence-corrected chi connectivity index (χ2v) is 12.2. The van der Waals surface area contributed by atoms with Crippen molar-refractivity contribution in [1.82, 2.24) is 10.6 Å². The summed E-state index contributed by atoms with van der Waals surface area (Å²) in [4.78, 5) is 25.0. The first-order chi connectivity index (χ1) is 20.4. The van der Waals surface area contributed by atoms with Crippen molar-refractivity contribution in [3.63, 3.8) is 0 Å². The van der Waals surface area contributed by atoms with Crippen LogP contribution in [0.15, 0.2) is 54.6 Å². The molecule has 2 heterocycles. The maximum Gasteiger partial charge on any atom is 0.293 e. The summed E-state index contributed by atoms with van der Waals surface area (Å²) in [6.07, 6.45) is 11.1. The lowest BCUT2D eigenvalue weighted by atomic mass is 10.0. The fourth-order valence-electron chi connectivity index (χ4n) is 4.87. The molecule has 0 spiro atoms. The summed E-state index contributed by atoms with van der Waals surface area (Å²) < 4.78 is 4.15. The molecule has 3 aromatic rings. The van der Waals surface area contributed by atoms with Crippen molar-refractivity contribution in [3.8, 4) is 10.4 Å². The van der Waals surface area contributed by atoms with Gasteiger partial charge in [-0.2, -0.15) is 0 Å². The molecule has 42 heavy (non-hydrogen) atoms. The standard InChI is InChI=1S/C27H33N3OS.C5H10.C3H6O2/c1-4-5-9-24-12-13-26(32-24)21-8-6-7-20(14-21)19(3)29-27(31)25-15-22(11-10-18(25)2)30-23-16-28-17-23;1-2-4-5-3-1;1-2-5-3-4/h6-8,10-15,19,23,28,30H,4-5,9,16-17H2,1-3H3,(H,29,31);1-5H2;3H,2H2,1H3. The van der Waals surface area contributed by atoms with E-state index in [-0.39, 0.29) is 11.9 Å². The number of hydrogen-bond donors (Lipinski definition) is 3. The first kappa shape index (κ1) is 33.3. The highest BCUT2D eigenvalue weighted by Gasteiger charge is 2.18. The number of benzene rings is 2. The summed E-state index contributed by atoms with van der Waals surface area (Å²) in [6, 6.07) is 19.4. The van der Waals surface area contributed by atoms with Gasteiger partial charge in [0.15, 0.2) is 0 Å². The predicted octanol–water partition coefficient (Wildman–Crippen LogP) is 8.07. The Morgan fingerprint density at radius 1 is 1.05 bits per heavy atom. The van der Waals surface area contributed by atoms with Gasteiger partial charge in [-0.15, -0.1) is 11.3 Å². The Balaban J connectivity index is 0.000000412. The monoisotopic (exact) mass is 591 g/mol. The molecule has 228 valence electrons. The Labute approximate surface area is 256 Å². The number of unbranched alkanes of at least 4 members (excludes halogenated alkanes) is 1. The number of hydrogen-bond acceptors (Lipinski definition) is 6. The topological polar surface area (TPSA) is 79.5 Å². The van der Waals surface area contributed by atoms with Crippen LogP contribution in [0.3, 0.4) is 0 Å². The molecule has 7 heteroatoms. The van der Waals surface area contributed by atoms with Crippen molar-refractivity contribution in [2.45, 2.75) is 91.1 Å². The number of carbonyl (C=O) groups excluding carboxylic acids is 2. The van der Waals surface area contributed by atoms with Gasteiger partial charge in [-0.1, -0.05) is 69.7 Å². The highest BCUT2D eigenvalue weighted by molar-refractivity contribution is 7.15. The van der Waals surface area contributed by atoms with Crippen LogP contribution in [0.5, 0.6) is 0 Å². The number of nitrogens with one attached hydrogen (secondary N) is 3. The Morgan fingerprint density at radius 2 is 1.79 bits per heavy atom. The summed E-state index contributed by atoms with van der Waals surface area (Å²) in [7, 11) is 0. The zero-order valence-corrected chi connectivity index (χ0v) is 26.7. The van der Waals surface area contributed by atoms with Crippen molar-refractivity contribution >= 4 is 29.4 Å². The average Bonchev–Trinajstić information content (AvgIpc) is 3.71. The van der Waals surface area contributed by atoms with E-state index in [0.717, 1.165) is 41.9 Å². The van der Waals surface area contributed by atoms with E-state index < -0.39 is 0 Å². The molecule has 1 aliphatic carbocycles. The van der Waals surface area contributed by atoms with Gasteiger partial charge in [0.2, 0.25) is 0 Å². The molecule has 6 nitrogen and oxygen atoms in total. The molecule has 0 bridgehead atoms. The minimum absolute atomic E-state index is 0.0336. The van der Waals surface area contributed by atoms with E-state index >= 15 is 0 Å². The van der Waals surface area contributed by atoms with Gasteiger partial charge in [0.25, 0.3) is 12.4 Å². The van der Waals surface area contributed by atoms with E-state index in [0.29, 0.717) is 19.1 Å². The third-order valence-electron chi connectivity index (χ3n) is 7.58. The largest absolute Gasteiger partial charge is 0.468 e. The van der Waals surface area contributed by atoms with Gasteiger partial charge in [-0.25, -0.2) is 0 Å². The second-order valence-electron chi connectivity index (χ2n) is 11.0. The van der Waals surface area contributed by atoms with E-state index in [2.05, 4.69) is 70.9 Å². The molecule has 3 N–H and O–H groups in total. The summed E-state index contributed by atoms with van der Waals surface area (Å²) in [5.41, 5.74) is 5.04. The number of thiophene rings is 1. The van der Waals surface area contributed by atoms with E-state index in [1.54, 1.807) is 6.92 Å². The lowest BCUT2D eigenvalue weighted by Gasteiger charge is -2.29. The smallest absolute Gasteiger partial charge is 0.293 e. The molecule has 1 aliphatic heterocycles.